The fourth-order valence-corrected chi connectivity index (χ4v) is 4.65. The maximum Gasteiger partial charge on any atom is 0.227 e. The molecule has 1 heterocycles. The molecule has 0 bridgehead atoms. The molecule has 142 valence electrons. The number of halogens is 2. The topological polar surface area (TPSA) is 49.4 Å². The van der Waals surface area contributed by atoms with Gasteiger partial charge in [0, 0.05) is 40.7 Å². The van der Waals surface area contributed by atoms with Gasteiger partial charge >= 0.3 is 0 Å². The van der Waals surface area contributed by atoms with Crippen LogP contribution in [-0.4, -0.2) is 29.8 Å². The number of carbonyl (C=O) groups is 2. The normalized spacial score (nSPS) is 26.4. The SMILES string of the molecule is CC1CCCN(C(=O)C2CCC(C(=O)Nc3cc(Cl)cc(Cl)c3)CC2)C1. The van der Waals surface area contributed by atoms with E-state index in [1.54, 1.807) is 18.2 Å². The molecule has 2 amide bonds. The van der Waals surface area contributed by atoms with Gasteiger partial charge in [0.15, 0.2) is 0 Å². The molecule has 4 nitrogen and oxygen atoms in total. The molecule has 1 aromatic rings. The number of amides is 2. The van der Waals surface area contributed by atoms with Crippen LogP contribution in [-0.2, 0) is 9.59 Å². The number of rotatable bonds is 3. The molecule has 2 fully saturated rings. The van der Waals surface area contributed by atoms with Crippen molar-refractivity contribution in [3.05, 3.63) is 28.2 Å². The Kier molecular flexibility index (Phi) is 6.46. The highest BCUT2D eigenvalue weighted by molar-refractivity contribution is 6.35. The first kappa shape index (κ1) is 19.5. The van der Waals surface area contributed by atoms with Gasteiger partial charge in [-0.15, -0.1) is 0 Å². The Morgan fingerprint density at radius 3 is 2.23 bits per heavy atom. The molecule has 1 atom stereocenters. The molecular formula is C20H26Cl2N2O2. The summed E-state index contributed by atoms with van der Waals surface area (Å²) >= 11 is 12.0. The maximum absolute atomic E-state index is 12.7. The molecule has 1 unspecified atom stereocenters. The van der Waals surface area contributed by atoms with Crippen molar-refractivity contribution < 1.29 is 9.59 Å². The highest BCUT2D eigenvalue weighted by Crippen LogP contribution is 2.32. The fourth-order valence-electron chi connectivity index (χ4n) is 4.12. The quantitative estimate of drug-likeness (QED) is 0.781. The van der Waals surface area contributed by atoms with E-state index in [9.17, 15) is 9.59 Å². The van der Waals surface area contributed by atoms with Crippen molar-refractivity contribution in [2.24, 2.45) is 17.8 Å². The van der Waals surface area contributed by atoms with Gasteiger partial charge in [0.2, 0.25) is 11.8 Å². The summed E-state index contributed by atoms with van der Waals surface area (Å²) in [5.41, 5.74) is 0.619. The highest BCUT2D eigenvalue weighted by atomic mass is 35.5. The zero-order chi connectivity index (χ0) is 18.7. The number of nitrogens with zero attached hydrogens (tertiary/aromatic N) is 1. The molecular weight excluding hydrogens is 371 g/mol. The summed E-state index contributed by atoms with van der Waals surface area (Å²) in [4.78, 5) is 27.3. The Balaban J connectivity index is 1.51. The van der Waals surface area contributed by atoms with Crippen LogP contribution in [0.4, 0.5) is 5.69 Å². The first-order valence-electron chi connectivity index (χ1n) is 9.48. The molecule has 3 rings (SSSR count). The van der Waals surface area contributed by atoms with Gasteiger partial charge in [0.25, 0.3) is 0 Å². The van der Waals surface area contributed by atoms with Crippen LogP contribution in [0.15, 0.2) is 18.2 Å². The number of benzene rings is 1. The summed E-state index contributed by atoms with van der Waals surface area (Å²) in [7, 11) is 0. The van der Waals surface area contributed by atoms with Crippen molar-refractivity contribution in [1.29, 1.82) is 0 Å². The summed E-state index contributed by atoms with van der Waals surface area (Å²) < 4.78 is 0. The second-order valence-corrected chi connectivity index (χ2v) is 8.60. The molecule has 1 N–H and O–H groups in total. The minimum absolute atomic E-state index is 0.0131. The monoisotopic (exact) mass is 396 g/mol. The number of carbonyl (C=O) groups excluding carboxylic acids is 2. The maximum atomic E-state index is 12.7. The van der Waals surface area contributed by atoms with Crippen LogP contribution in [0.3, 0.4) is 0 Å². The van der Waals surface area contributed by atoms with Crippen molar-refractivity contribution >= 4 is 40.7 Å². The van der Waals surface area contributed by atoms with Crippen LogP contribution in [0.2, 0.25) is 10.0 Å². The van der Waals surface area contributed by atoms with Gasteiger partial charge in [-0.3, -0.25) is 9.59 Å². The van der Waals surface area contributed by atoms with Crippen LogP contribution in [0.25, 0.3) is 0 Å². The number of hydrogen-bond acceptors (Lipinski definition) is 2. The standard InChI is InChI=1S/C20H26Cl2N2O2/c1-13-3-2-8-24(12-13)20(26)15-6-4-14(5-7-15)19(25)23-18-10-16(21)9-17(22)11-18/h9-11,13-15H,2-8,12H2,1H3,(H,23,25). The van der Waals surface area contributed by atoms with Crippen molar-refractivity contribution in [2.75, 3.05) is 18.4 Å². The minimum Gasteiger partial charge on any atom is -0.342 e. The van der Waals surface area contributed by atoms with Gasteiger partial charge in [-0.1, -0.05) is 30.1 Å². The third-order valence-electron chi connectivity index (χ3n) is 5.55. The fraction of sp³-hybridized carbons (Fsp3) is 0.600. The average Bonchev–Trinajstić information content (AvgIpc) is 2.60. The number of nitrogens with one attached hydrogen (secondary N) is 1. The van der Waals surface area contributed by atoms with E-state index in [0.29, 0.717) is 21.7 Å². The van der Waals surface area contributed by atoms with Crippen LogP contribution >= 0.6 is 23.2 Å². The predicted octanol–water partition coefficient (Wildman–Crippen LogP) is 5.00. The zero-order valence-corrected chi connectivity index (χ0v) is 16.7. The first-order valence-corrected chi connectivity index (χ1v) is 10.2. The van der Waals surface area contributed by atoms with Crippen LogP contribution in [0, 0.1) is 17.8 Å². The van der Waals surface area contributed by atoms with Gasteiger partial charge in [-0.25, -0.2) is 0 Å². The van der Waals surface area contributed by atoms with E-state index in [1.165, 1.54) is 6.42 Å². The number of anilines is 1. The van der Waals surface area contributed by atoms with Crippen molar-refractivity contribution in [1.82, 2.24) is 4.90 Å². The number of piperidine rings is 1. The summed E-state index contributed by atoms with van der Waals surface area (Å²) in [6.07, 6.45) is 5.40. The number of likely N-dealkylation sites (tertiary alicyclic amines) is 1. The van der Waals surface area contributed by atoms with Gasteiger partial charge in [0.1, 0.15) is 0 Å². The van der Waals surface area contributed by atoms with Crippen molar-refractivity contribution in [3.8, 4) is 0 Å². The average molecular weight is 397 g/mol. The Bertz CT molecular complexity index is 652. The lowest BCUT2D eigenvalue weighted by Crippen LogP contribution is -2.43. The second-order valence-electron chi connectivity index (χ2n) is 7.73. The Hall–Kier alpha value is -1.26. The summed E-state index contributed by atoms with van der Waals surface area (Å²) in [5.74, 6) is 0.888. The second kappa shape index (κ2) is 8.62. The molecule has 0 aromatic heterocycles. The van der Waals surface area contributed by atoms with Crippen molar-refractivity contribution in [3.63, 3.8) is 0 Å². The molecule has 1 aliphatic carbocycles. The van der Waals surface area contributed by atoms with E-state index < -0.39 is 0 Å². The molecule has 0 spiro atoms. The third-order valence-corrected chi connectivity index (χ3v) is 5.98. The lowest BCUT2D eigenvalue weighted by atomic mass is 9.80. The van der Waals surface area contributed by atoms with Crippen LogP contribution in [0.1, 0.15) is 45.4 Å². The zero-order valence-electron chi connectivity index (χ0n) is 15.1. The van der Waals surface area contributed by atoms with Gasteiger partial charge < -0.3 is 10.2 Å². The van der Waals surface area contributed by atoms with Crippen LogP contribution in [0.5, 0.6) is 0 Å². The van der Waals surface area contributed by atoms with E-state index in [4.69, 9.17) is 23.2 Å². The minimum atomic E-state index is -0.0583. The van der Waals surface area contributed by atoms with E-state index in [0.717, 1.165) is 45.2 Å². The Morgan fingerprint density at radius 1 is 1.00 bits per heavy atom. The molecule has 26 heavy (non-hydrogen) atoms. The predicted molar refractivity (Wildman–Crippen MR) is 106 cm³/mol. The lowest BCUT2D eigenvalue weighted by molar-refractivity contribution is -0.139. The van der Waals surface area contributed by atoms with E-state index in [-0.39, 0.29) is 23.7 Å². The summed E-state index contributed by atoms with van der Waals surface area (Å²) in [6.45, 7) is 3.98. The molecule has 0 radical (unpaired) electrons. The molecule has 1 aliphatic heterocycles. The molecule has 6 heteroatoms. The summed E-state index contributed by atoms with van der Waals surface area (Å²) in [5, 5.41) is 3.90. The van der Waals surface area contributed by atoms with E-state index in [1.807, 2.05) is 4.90 Å². The molecule has 1 saturated heterocycles. The lowest BCUT2D eigenvalue weighted by Gasteiger charge is -2.35. The molecule has 1 aromatic carbocycles. The number of hydrogen-bond donors (Lipinski definition) is 1. The third kappa shape index (κ3) is 4.92. The van der Waals surface area contributed by atoms with Gasteiger partial charge in [-0.05, 0) is 62.6 Å². The highest BCUT2D eigenvalue weighted by Gasteiger charge is 2.33. The molecule has 2 aliphatic rings. The van der Waals surface area contributed by atoms with Crippen molar-refractivity contribution in [2.45, 2.75) is 45.4 Å². The van der Waals surface area contributed by atoms with Gasteiger partial charge in [0.05, 0.1) is 0 Å². The summed E-state index contributed by atoms with van der Waals surface area (Å²) in [6, 6.07) is 5.02. The van der Waals surface area contributed by atoms with E-state index in [2.05, 4.69) is 12.2 Å². The Labute approximate surface area is 165 Å². The van der Waals surface area contributed by atoms with Gasteiger partial charge in [-0.2, -0.15) is 0 Å². The first-order chi connectivity index (χ1) is 12.4. The molecule has 1 saturated carbocycles. The Morgan fingerprint density at radius 2 is 1.62 bits per heavy atom. The van der Waals surface area contributed by atoms with E-state index >= 15 is 0 Å². The van der Waals surface area contributed by atoms with Crippen LogP contribution < -0.4 is 5.32 Å². The smallest absolute Gasteiger partial charge is 0.227 e. The largest absolute Gasteiger partial charge is 0.342 e.